The Hall–Kier alpha value is -1.87. The molecule has 0 aliphatic rings. The fourth-order valence-electron chi connectivity index (χ4n) is 1.96. The van der Waals surface area contributed by atoms with Gasteiger partial charge in [-0.15, -0.1) is 0 Å². The van der Waals surface area contributed by atoms with E-state index in [0.717, 1.165) is 6.42 Å². The van der Waals surface area contributed by atoms with E-state index in [2.05, 4.69) is 35.1 Å². The number of aryl methyl sites for hydroxylation is 1. The molecular weight excluding hydrogens is 212 g/mol. The Morgan fingerprint density at radius 2 is 1.88 bits per heavy atom. The number of amides is 1. The molecule has 0 fully saturated rings. The van der Waals surface area contributed by atoms with Gasteiger partial charge in [-0.2, -0.15) is 0 Å². The van der Waals surface area contributed by atoms with Crippen LogP contribution >= 0.6 is 0 Å². The van der Waals surface area contributed by atoms with Crippen LogP contribution in [0.1, 0.15) is 12.0 Å². The molecule has 2 aromatic rings. The molecule has 0 saturated carbocycles. The van der Waals surface area contributed by atoms with Gasteiger partial charge in [0.2, 0.25) is 5.91 Å². The lowest BCUT2D eigenvalue weighted by atomic mass is 10.0. The fourth-order valence-corrected chi connectivity index (χ4v) is 1.96. The maximum absolute atomic E-state index is 11.4. The normalized spacial score (nSPS) is 10.4. The molecule has 3 heteroatoms. The highest BCUT2D eigenvalue weighted by atomic mass is 16.2. The van der Waals surface area contributed by atoms with Crippen molar-refractivity contribution in [1.82, 2.24) is 10.9 Å². The standard InChI is InChI=1S/C14H16N2O/c1-15-16-14(17)10-9-12-7-4-6-11-5-2-3-8-13(11)12/h2-8,15H,9-10H2,1H3,(H,16,17). The van der Waals surface area contributed by atoms with Crippen molar-refractivity contribution in [2.24, 2.45) is 0 Å². The van der Waals surface area contributed by atoms with E-state index in [4.69, 9.17) is 0 Å². The maximum atomic E-state index is 11.4. The van der Waals surface area contributed by atoms with Crippen molar-refractivity contribution < 1.29 is 4.79 Å². The molecule has 88 valence electrons. The molecule has 17 heavy (non-hydrogen) atoms. The van der Waals surface area contributed by atoms with E-state index in [1.165, 1.54) is 16.3 Å². The van der Waals surface area contributed by atoms with Crippen LogP contribution in [0.3, 0.4) is 0 Å². The van der Waals surface area contributed by atoms with Gasteiger partial charge in [0, 0.05) is 13.5 Å². The zero-order valence-corrected chi connectivity index (χ0v) is 9.86. The molecule has 0 heterocycles. The summed E-state index contributed by atoms with van der Waals surface area (Å²) in [6.45, 7) is 0. The van der Waals surface area contributed by atoms with Crippen LogP contribution in [0.2, 0.25) is 0 Å². The number of carbonyl (C=O) groups is 1. The van der Waals surface area contributed by atoms with Crippen molar-refractivity contribution in [2.75, 3.05) is 7.05 Å². The van der Waals surface area contributed by atoms with Crippen LogP contribution in [0.25, 0.3) is 10.8 Å². The number of nitrogens with one attached hydrogen (secondary N) is 2. The van der Waals surface area contributed by atoms with Crippen LogP contribution in [-0.4, -0.2) is 13.0 Å². The number of hydrogen-bond acceptors (Lipinski definition) is 2. The number of carbonyl (C=O) groups excluding carboxylic acids is 1. The van der Waals surface area contributed by atoms with E-state index in [-0.39, 0.29) is 5.91 Å². The summed E-state index contributed by atoms with van der Waals surface area (Å²) < 4.78 is 0. The molecule has 2 rings (SSSR count). The molecule has 0 spiro atoms. The minimum Gasteiger partial charge on any atom is -0.292 e. The third-order valence-corrected chi connectivity index (χ3v) is 2.77. The van der Waals surface area contributed by atoms with Crippen molar-refractivity contribution >= 4 is 16.7 Å². The average molecular weight is 228 g/mol. The molecule has 0 aliphatic heterocycles. The van der Waals surface area contributed by atoms with Crippen LogP contribution in [-0.2, 0) is 11.2 Å². The zero-order valence-electron chi connectivity index (χ0n) is 9.86. The Labute approximate surface area is 101 Å². The Morgan fingerprint density at radius 3 is 2.71 bits per heavy atom. The summed E-state index contributed by atoms with van der Waals surface area (Å²) in [5.74, 6) is 0.0143. The van der Waals surface area contributed by atoms with E-state index in [9.17, 15) is 4.79 Å². The predicted octanol–water partition coefficient (Wildman–Crippen LogP) is 2.02. The monoisotopic (exact) mass is 228 g/mol. The molecule has 0 atom stereocenters. The largest absolute Gasteiger partial charge is 0.292 e. The van der Waals surface area contributed by atoms with Crippen molar-refractivity contribution in [3.63, 3.8) is 0 Å². The highest BCUT2D eigenvalue weighted by Gasteiger charge is 2.03. The van der Waals surface area contributed by atoms with Crippen LogP contribution in [0.4, 0.5) is 0 Å². The van der Waals surface area contributed by atoms with Crippen LogP contribution in [0.15, 0.2) is 42.5 Å². The van der Waals surface area contributed by atoms with Gasteiger partial charge in [0.15, 0.2) is 0 Å². The van der Waals surface area contributed by atoms with Crippen molar-refractivity contribution in [3.05, 3.63) is 48.0 Å². The van der Waals surface area contributed by atoms with Gasteiger partial charge >= 0.3 is 0 Å². The van der Waals surface area contributed by atoms with Crippen molar-refractivity contribution in [1.29, 1.82) is 0 Å². The lowest BCUT2D eigenvalue weighted by molar-refractivity contribution is -0.121. The summed E-state index contributed by atoms with van der Waals surface area (Å²) >= 11 is 0. The van der Waals surface area contributed by atoms with Gasteiger partial charge in [0.25, 0.3) is 0 Å². The number of benzene rings is 2. The highest BCUT2D eigenvalue weighted by molar-refractivity contribution is 5.86. The van der Waals surface area contributed by atoms with Gasteiger partial charge in [0.05, 0.1) is 0 Å². The van der Waals surface area contributed by atoms with Crippen LogP contribution < -0.4 is 10.9 Å². The summed E-state index contributed by atoms with van der Waals surface area (Å²) in [4.78, 5) is 11.4. The summed E-state index contributed by atoms with van der Waals surface area (Å²) in [7, 11) is 1.69. The molecule has 0 unspecified atom stereocenters. The third kappa shape index (κ3) is 2.82. The first-order valence-corrected chi connectivity index (χ1v) is 5.73. The fraction of sp³-hybridized carbons (Fsp3) is 0.214. The first kappa shape index (κ1) is 11.6. The predicted molar refractivity (Wildman–Crippen MR) is 69.5 cm³/mol. The number of fused-ring (bicyclic) bond motifs is 1. The Balaban J connectivity index is 2.16. The topological polar surface area (TPSA) is 41.1 Å². The van der Waals surface area contributed by atoms with E-state index < -0.39 is 0 Å². The highest BCUT2D eigenvalue weighted by Crippen LogP contribution is 2.19. The Morgan fingerprint density at radius 1 is 1.12 bits per heavy atom. The minimum absolute atomic E-state index is 0.0143. The molecule has 0 radical (unpaired) electrons. The maximum Gasteiger partial charge on any atom is 0.234 e. The Bertz CT molecular complexity index is 517. The van der Waals surface area contributed by atoms with E-state index in [1.807, 2.05) is 18.2 Å². The van der Waals surface area contributed by atoms with Crippen molar-refractivity contribution in [2.45, 2.75) is 12.8 Å². The van der Waals surface area contributed by atoms with Gasteiger partial charge in [0.1, 0.15) is 0 Å². The molecule has 0 bridgehead atoms. The summed E-state index contributed by atoms with van der Waals surface area (Å²) in [5.41, 5.74) is 6.43. The summed E-state index contributed by atoms with van der Waals surface area (Å²) in [5, 5.41) is 2.45. The first-order valence-electron chi connectivity index (χ1n) is 5.73. The van der Waals surface area contributed by atoms with Gasteiger partial charge in [-0.25, -0.2) is 5.43 Å². The lowest BCUT2D eigenvalue weighted by Gasteiger charge is -2.06. The quantitative estimate of drug-likeness (QED) is 0.786. The van der Waals surface area contributed by atoms with E-state index >= 15 is 0 Å². The van der Waals surface area contributed by atoms with Gasteiger partial charge < -0.3 is 0 Å². The molecule has 2 N–H and O–H groups in total. The number of hydrogen-bond donors (Lipinski definition) is 2. The van der Waals surface area contributed by atoms with Gasteiger partial charge in [-0.3, -0.25) is 10.2 Å². The van der Waals surface area contributed by atoms with E-state index in [1.54, 1.807) is 7.05 Å². The molecule has 0 saturated heterocycles. The zero-order chi connectivity index (χ0) is 12.1. The SMILES string of the molecule is CNNC(=O)CCc1cccc2ccccc12. The molecule has 0 aromatic heterocycles. The van der Waals surface area contributed by atoms with E-state index in [0.29, 0.717) is 6.42 Å². The average Bonchev–Trinajstić information content (AvgIpc) is 2.36. The van der Waals surface area contributed by atoms with Crippen molar-refractivity contribution in [3.8, 4) is 0 Å². The summed E-state index contributed by atoms with van der Waals surface area (Å²) in [6.07, 6.45) is 1.25. The molecule has 3 nitrogen and oxygen atoms in total. The van der Waals surface area contributed by atoms with Crippen LogP contribution in [0, 0.1) is 0 Å². The minimum atomic E-state index is 0.0143. The summed E-state index contributed by atoms with van der Waals surface area (Å²) in [6, 6.07) is 14.4. The van der Waals surface area contributed by atoms with Gasteiger partial charge in [-0.1, -0.05) is 42.5 Å². The second-order valence-corrected chi connectivity index (χ2v) is 3.94. The molecule has 0 aliphatic carbocycles. The lowest BCUT2D eigenvalue weighted by Crippen LogP contribution is -2.34. The molecular formula is C14H16N2O. The smallest absolute Gasteiger partial charge is 0.234 e. The molecule has 1 amide bonds. The number of hydrazine groups is 1. The third-order valence-electron chi connectivity index (χ3n) is 2.77. The second-order valence-electron chi connectivity index (χ2n) is 3.94. The second kappa shape index (κ2) is 5.46. The Kier molecular flexibility index (Phi) is 3.73. The first-order chi connectivity index (χ1) is 8.31. The van der Waals surface area contributed by atoms with Gasteiger partial charge in [-0.05, 0) is 22.8 Å². The number of rotatable bonds is 4. The van der Waals surface area contributed by atoms with Crippen LogP contribution in [0.5, 0.6) is 0 Å². The molecule has 2 aromatic carbocycles.